The van der Waals surface area contributed by atoms with Crippen LogP contribution in [0, 0.1) is 5.95 Å². The predicted molar refractivity (Wildman–Crippen MR) is 110 cm³/mol. The summed E-state index contributed by atoms with van der Waals surface area (Å²) in [6.07, 6.45) is 0. The Labute approximate surface area is 170 Å². The van der Waals surface area contributed by atoms with Crippen LogP contribution in [0.2, 0.25) is 0 Å². The van der Waals surface area contributed by atoms with E-state index in [4.69, 9.17) is 0 Å². The number of halogens is 1. The number of hydrogen-bond acceptors (Lipinski definition) is 4. The molecule has 0 spiro atoms. The number of carboxylic acid groups (broad SMARTS) is 1. The van der Waals surface area contributed by atoms with Gasteiger partial charge >= 0.3 is 5.97 Å². The SMILES string of the molecule is CC(C)c1nc2c(F)n[nH]c(=O)c2n1Cc1cccc(-c2ccccc2)c1C(=O)O. The maximum Gasteiger partial charge on any atom is 0.336 e. The molecule has 0 aliphatic heterocycles. The number of hydrogen-bond donors (Lipinski definition) is 2. The lowest BCUT2D eigenvalue weighted by Crippen LogP contribution is -2.17. The summed E-state index contributed by atoms with van der Waals surface area (Å²) in [4.78, 5) is 28.9. The minimum Gasteiger partial charge on any atom is -0.478 e. The van der Waals surface area contributed by atoms with E-state index in [9.17, 15) is 19.1 Å². The van der Waals surface area contributed by atoms with Crippen molar-refractivity contribution in [1.29, 1.82) is 0 Å². The fraction of sp³-hybridized carbons (Fsp3) is 0.182. The zero-order chi connectivity index (χ0) is 21.4. The molecule has 0 amide bonds. The highest BCUT2D eigenvalue weighted by Gasteiger charge is 2.23. The first kappa shape index (κ1) is 19.5. The van der Waals surface area contributed by atoms with Gasteiger partial charge in [0.05, 0.1) is 12.1 Å². The van der Waals surface area contributed by atoms with Gasteiger partial charge in [0.1, 0.15) is 11.3 Å². The van der Waals surface area contributed by atoms with Crippen LogP contribution in [0.25, 0.3) is 22.2 Å². The zero-order valence-corrected chi connectivity index (χ0v) is 16.4. The molecule has 0 fully saturated rings. The second kappa shape index (κ2) is 7.55. The van der Waals surface area contributed by atoms with E-state index in [0.717, 1.165) is 5.56 Å². The Morgan fingerprint density at radius 3 is 2.57 bits per heavy atom. The number of nitrogens with zero attached hydrogens (tertiary/aromatic N) is 3. The van der Waals surface area contributed by atoms with Gasteiger partial charge in [0.2, 0.25) is 0 Å². The zero-order valence-electron chi connectivity index (χ0n) is 16.4. The van der Waals surface area contributed by atoms with E-state index in [-0.39, 0.29) is 29.1 Å². The Morgan fingerprint density at radius 2 is 1.90 bits per heavy atom. The van der Waals surface area contributed by atoms with Gasteiger partial charge in [-0.15, -0.1) is 5.10 Å². The summed E-state index contributed by atoms with van der Waals surface area (Å²) in [6.45, 7) is 3.80. The molecule has 152 valence electrons. The lowest BCUT2D eigenvalue weighted by Gasteiger charge is -2.15. The lowest BCUT2D eigenvalue weighted by atomic mass is 9.95. The standard InChI is InChI=1S/C22H19FN4O3/c1-12(2)20-24-17-18(21(28)26-25-19(17)23)27(20)11-14-9-6-10-15(16(14)22(29)30)13-7-4-3-5-8-13/h3-10,12H,11H2,1-2H3,(H,26,28)(H,29,30). The largest absolute Gasteiger partial charge is 0.478 e. The second-order valence-electron chi connectivity index (χ2n) is 7.26. The van der Waals surface area contributed by atoms with E-state index in [2.05, 4.69) is 15.2 Å². The molecule has 2 heterocycles. The Morgan fingerprint density at radius 1 is 1.17 bits per heavy atom. The molecule has 0 bridgehead atoms. The van der Waals surface area contributed by atoms with Crippen molar-refractivity contribution >= 4 is 17.0 Å². The Balaban J connectivity index is 1.96. The number of aromatic carboxylic acids is 1. The van der Waals surface area contributed by atoms with E-state index in [1.165, 1.54) is 0 Å². The molecule has 0 unspecified atom stereocenters. The van der Waals surface area contributed by atoms with Crippen LogP contribution >= 0.6 is 0 Å². The molecule has 30 heavy (non-hydrogen) atoms. The first-order valence-electron chi connectivity index (χ1n) is 9.43. The molecular weight excluding hydrogens is 387 g/mol. The third kappa shape index (κ3) is 3.26. The molecule has 2 N–H and O–H groups in total. The summed E-state index contributed by atoms with van der Waals surface area (Å²) in [6, 6.07) is 14.4. The minimum absolute atomic E-state index is 0.0349. The van der Waals surface area contributed by atoms with Crippen molar-refractivity contribution in [2.24, 2.45) is 0 Å². The fourth-order valence-electron chi connectivity index (χ4n) is 3.66. The van der Waals surface area contributed by atoms with Gasteiger partial charge in [0, 0.05) is 5.92 Å². The van der Waals surface area contributed by atoms with Gasteiger partial charge in [0.25, 0.3) is 11.5 Å². The number of imidazole rings is 1. The molecule has 0 saturated carbocycles. The summed E-state index contributed by atoms with van der Waals surface area (Å²) < 4.78 is 15.8. The van der Waals surface area contributed by atoms with Crippen LogP contribution in [-0.4, -0.2) is 30.8 Å². The van der Waals surface area contributed by atoms with Gasteiger partial charge < -0.3 is 9.67 Å². The highest BCUT2D eigenvalue weighted by Crippen LogP contribution is 2.29. The monoisotopic (exact) mass is 406 g/mol. The number of benzene rings is 2. The molecule has 0 aliphatic carbocycles. The van der Waals surface area contributed by atoms with Gasteiger partial charge in [-0.05, 0) is 16.7 Å². The highest BCUT2D eigenvalue weighted by atomic mass is 19.1. The van der Waals surface area contributed by atoms with Crippen molar-refractivity contribution < 1.29 is 14.3 Å². The summed E-state index contributed by atoms with van der Waals surface area (Å²) in [5, 5.41) is 15.5. The smallest absolute Gasteiger partial charge is 0.336 e. The average Bonchev–Trinajstić information content (AvgIpc) is 3.12. The number of aromatic amines is 1. The Bertz CT molecular complexity index is 1310. The third-order valence-corrected chi connectivity index (χ3v) is 4.96. The predicted octanol–water partition coefficient (Wildman–Crippen LogP) is 3.80. The summed E-state index contributed by atoms with van der Waals surface area (Å²) in [7, 11) is 0. The van der Waals surface area contributed by atoms with Crippen molar-refractivity contribution in [2.75, 3.05) is 0 Å². The molecule has 2 aromatic heterocycles. The lowest BCUT2D eigenvalue weighted by molar-refractivity contribution is 0.0696. The van der Waals surface area contributed by atoms with Crippen molar-refractivity contribution in [3.05, 3.63) is 81.8 Å². The highest BCUT2D eigenvalue weighted by molar-refractivity contribution is 5.97. The molecule has 2 aromatic carbocycles. The number of rotatable bonds is 5. The van der Waals surface area contributed by atoms with Crippen molar-refractivity contribution in [2.45, 2.75) is 26.3 Å². The summed E-state index contributed by atoms with van der Waals surface area (Å²) in [5.41, 5.74) is 1.28. The number of carboxylic acids is 1. The van der Waals surface area contributed by atoms with Crippen LogP contribution in [-0.2, 0) is 6.54 Å². The maximum atomic E-state index is 14.2. The van der Waals surface area contributed by atoms with Crippen LogP contribution in [0.4, 0.5) is 4.39 Å². The molecule has 4 aromatic rings. The first-order chi connectivity index (χ1) is 14.4. The van der Waals surface area contributed by atoms with Crippen molar-refractivity contribution in [1.82, 2.24) is 19.7 Å². The minimum atomic E-state index is -1.08. The van der Waals surface area contributed by atoms with E-state index in [1.54, 1.807) is 22.8 Å². The van der Waals surface area contributed by atoms with Crippen LogP contribution in [0.1, 0.15) is 41.5 Å². The van der Waals surface area contributed by atoms with Gasteiger partial charge in [-0.1, -0.05) is 62.4 Å². The number of aromatic nitrogens is 4. The number of nitrogens with one attached hydrogen (secondary N) is 1. The van der Waals surface area contributed by atoms with Crippen molar-refractivity contribution in [3.63, 3.8) is 0 Å². The number of H-pyrrole nitrogens is 1. The molecular formula is C22H19FN4O3. The van der Waals surface area contributed by atoms with Gasteiger partial charge in [-0.25, -0.2) is 14.9 Å². The summed E-state index contributed by atoms with van der Waals surface area (Å²) >= 11 is 0. The number of fused-ring (bicyclic) bond motifs is 1. The Kier molecular flexibility index (Phi) is 4.91. The quantitative estimate of drug-likeness (QED) is 0.525. The third-order valence-electron chi connectivity index (χ3n) is 4.96. The molecule has 0 radical (unpaired) electrons. The molecule has 0 aliphatic rings. The molecule has 0 saturated heterocycles. The van der Waals surface area contributed by atoms with E-state index >= 15 is 0 Å². The Hall–Kier alpha value is -3.81. The van der Waals surface area contributed by atoms with Crippen LogP contribution in [0.5, 0.6) is 0 Å². The summed E-state index contributed by atoms with van der Waals surface area (Å²) in [5.74, 6) is -1.60. The molecule has 8 heteroatoms. The number of carbonyl (C=O) groups is 1. The van der Waals surface area contributed by atoms with E-state index in [1.807, 2.05) is 44.2 Å². The van der Waals surface area contributed by atoms with E-state index < -0.39 is 17.5 Å². The van der Waals surface area contributed by atoms with Gasteiger partial charge in [0.15, 0.2) is 5.52 Å². The van der Waals surface area contributed by atoms with Crippen molar-refractivity contribution in [3.8, 4) is 11.1 Å². The topological polar surface area (TPSA) is 101 Å². The average molecular weight is 406 g/mol. The van der Waals surface area contributed by atoms with E-state index in [0.29, 0.717) is 17.0 Å². The normalized spacial score (nSPS) is 11.3. The maximum absolute atomic E-state index is 14.2. The molecule has 7 nitrogen and oxygen atoms in total. The van der Waals surface area contributed by atoms with Crippen LogP contribution < -0.4 is 5.56 Å². The molecule has 0 atom stereocenters. The molecule has 4 rings (SSSR count). The second-order valence-corrected chi connectivity index (χ2v) is 7.26. The fourth-order valence-corrected chi connectivity index (χ4v) is 3.66. The van der Waals surface area contributed by atoms with Gasteiger partial charge in [-0.3, -0.25) is 4.79 Å². The van der Waals surface area contributed by atoms with Crippen LogP contribution in [0.3, 0.4) is 0 Å². The van der Waals surface area contributed by atoms with Crippen LogP contribution in [0.15, 0.2) is 53.3 Å². The van der Waals surface area contributed by atoms with Gasteiger partial charge in [-0.2, -0.15) is 4.39 Å². The first-order valence-corrected chi connectivity index (χ1v) is 9.43.